The van der Waals surface area contributed by atoms with Gasteiger partial charge in [-0.3, -0.25) is 0 Å². The first-order chi connectivity index (χ1) is 10.1. The summed E-state index contributed by atoms with van der Waals surface area (Å²) in [6.45, 7) is 4.17. The van der Waals surface area contributed by atoms with Crippen molar-refractivity contribution in [1.82, 2.24) is 5.32 Å². The third kappa shape index (κ3) is 5.04. The van der Waals surface area contributed by atoms with Gasteiger partial charge in [0, 0.05) is 19.4 Å². The summed E-state index contributed by atoms with van der Waals surface area (Å²) in [5.74, 6) is -0.720. The van der Waals surface area contributed by atoms with E-state index in [4.69, 9.17) is 14.2 Å². The molecule has 120 valence electrons. The Hall–Kier alpha value is -1.56. The predicted molar refractivity (Wildman–Crippen MR) is 77.5 cm³/mol. The molecule has 0 aromatic rings. The van der Waals surface area contributed by atoms with E-state index in [0.29, 0.717) is 26.1 Å². The summed E-state index contributed by atoms with van der Waals surface area (Å²) in [5, 5.41) is 3.04. The lowest BCUT2D eigenvalue weighted by molar-refractivity contribution is -0.153. The molecule has 1 N–H and O–H groups in total. The number of nitrogens with one attached hydrogen (secondary N) is 1. The van der Waals surface area contributed by atoms with E-state index in [-0.39, 0.29) is 12.1 Å². The summed E-state index contributed by atoms with van der Waals surface area (Å²) in [5.41, 5.74) is -0.784. The van der Waals surface area contributed by atoms with Crippen LogP contribution in [-0.4, -0.2) is 43.9 Å². The van der Waals surface area contributed by atoms with Gasteiger partial charge in [-0.25, -0.2) is 9.59 Å². The lowest BCUT2D eigenvalue weighted by Crippen LogP contribution is -2.53. The van der Waals surface area contributed by atoms with Gasteiger partial charge < -0.3 is 19.5 Å². The van der Waals surface area contributed by atoms with Crippen LogP contribution in [-0.2, 0) is 23.8 Å². The van der Waals surface area contributed by atoms with Crippen LogP contribution in [0.5, 0.6) is 0 Å². The Balaban J connectivity index is 2.70. The van der Waals surface area contributed by atoms with Gasteiger partial charge in [-0.2, -0.15) is 0 Å². The van der Waals surface area contributed by atoms with Crippen molar-refractivity contribution in [2.24, 2.45) is 0 Å². The van der Waals surface area contributed by atoms with Crippen LogP contribution >= 0.6 is 0 Å². The maximum absolute atomic E-state index is 12.2. The zero-order valence-electron chi connectivity index (χ0n) is 13.0. The Kier molecular flexibility index (Phi) is 7.22. The summed E-state index contributed by atoms with van der Waals surface area (Å²) >= 11 is 0. The third-order valence-electron chi connectivity index (χ3n) is 3.65. The average Bonchev–Trinajstić information content (AvgIpc) is 2.48. The van der Waals surface area contributed by atoms with Crippen LogP contribution in [0.4, 0.5) is 0 Å². The number of methoxy groups -OCH3 is 1. The Morgan fingerprint density at radius 3 is 2.33 bits per heavy atom. The van der Waals surface area contributed by atoms with E-state index >= 15 is 0 Å². The second kappa shape index (κ2) is 8.67. The average molecular weight is 299 g/mol. The maximum atomic E-state index is 12.2. The Labute approximate surface area is 125 Å². The molecule has 1 aliphatic rings. The molecule has 0 radical (unpaired) electrons. The second-order valence-electron chi connectivity index (χ2n) is 4.97. The molecular formula is C15H25NO5. The number of esters is 2. The second-order valence-corrected chi connectivity index (χ2v) is 4.97. The molecule has 21 heavy (non-hydrogen) atoms. The molecule has 0 aromatic carbocycles. The van der Waals surface area contributed by atoms with Gasteiger partial charge in [0.25, 0.3) is 0 Å². The van der Waals surface area contributed by atoms with Crippen molar-refractivity contribution < 1.29 is 23.8 Å². The first-order valence-corrected chi connectivity index (χ1v) is 7.39. The van der Waals surface area contributed by atoms with Crippen molar-refractivity contribution >= 4 is 11.9 Å². The summed E-state index contributed by atoms with van der Waals surface area (Å²) in [4.78, 5) is 23.5. The van der Waals surface area contributed by atoms with Crippen LogP contribution in [0, 0.1) is 0 Å². The molecule has 0 saturated heterocycles. The van der Waals surface area contributed by atoms with Crippen molar-refractivity contribution in [3.05, 3.63) is 12.3 Å². The van der Waals surface area contributed by atoms with E-state index in [9.17, 15) is 9.59 Å². The van der Waals surface area contributed by atoms with Crippen LogP contribution in [0.1, 0.15) is 39.5 Å². The lowest BCUT2D eigenvalue weighted by atomic mass is 9.80. The van der Waals surface area contributed by atoms with Gasteiger partial charge in [-0.05, 0) is 39.5 Å². The first kappa shape index (κ1) is 17.5. The molecule has 6 nitrogen and oxygen atoms in total. The molecule has 0 unspecified atom stereocenters. The zero-order chi connectivity index (χ0) is 15.7. The van der Waals surface area contributed by atoms with Crippen LogP contribution in [0.3, 0.4) is 0 Å². The number of hydrogen-bond acceptors (Lipinski definition) is 6. The van der Waals surface area contributed by atoms with Gasteiger partial charge in [0.05, 0.1) is 19.3 Å². The van der Waals surface area contributed by atoms with Gasteiger partial charge >= 0.3 is 11.9 Å². The van der Waals surface area contributed by atoms with Gasteiger partial charge in [-0.1, -0.05) is 0 Å². The highest BCUT2D eigenvalue weighted by molar-refractivity contribution is 5.83. The number of carbonyl (C=O) groups is 2. The van der Waals surface area contributed by atoms with Crippen molar-refractivity contribution in [1.29, 1.82) is 0 Å². The Bertz CT molecular complexity index is 372. The molecule has 1 saturated carbocycles. The Morgan fingerprint density at radius 1 is 1.19 bits per heavy atom. The minimum Gasteiger partial charge on any atom is -0.464 e. The fourth-order valence-corrected chi connectivity index (χ4v) is 2.46. The van der Waals surface area contributed by atoms with Gasteiger partial charge in [0.2, 0.25) is 0 Å². The summed E-state index contributed by atoms with van der Waals surface area (Å²) in [6.07, 6.45) is 5.69. The molecule has 1 rings (SSSR count). The smallest absolute Gasteiger partial charge is 0.332 e. The van der Waals surface area contributed by atoms with Crippen molar-refractivity contribution in [2.45, 2.75) is 51.2 Å². The normalized spacial score (nSPS) is 25.6. The molecule has 0 aliphatic heterocycles. The highest BCUT2D eigenvalue weighted by atomic mass is 16.5. The summed E-state index contributed by atoms with van der Waals surface area (Å²) in [7, 11) is 1.68. The fourth-order valence-electron chi connectivity index (χ4n) is 2.46. The van der Waals surface area contributed by atoms with Crippen molar-refractivity contribution in [2.75, 3.05) is 20.3 Å². The van der Waals surface area contributed by atoms with Gasteiger partial charge in [-0.15, -0.1) is 0 Å². The maximum Gasteiger partial charge on any atom is 0.332 e. The Morgan fingerprint density at radius 2 is 1.81 bits per heavy atom. The number of carbonyl (C=O) groups excluding carboxylic acids is 2. The molecule has 0 aromatic heterocycles. The number of hydrogen-bond donors (Lipinski definition) is 1. The summed E-state index contributed by atoms with van der Waals surface area (Å²) < 4.78 is 15.3. The first-order valence-electron chi connectivity index (χ1n) is 7.39. The predicted octanol–water partition coefficient (Wildman–Crippen LogP) is 1.54. The summed E-state index contributed by atoms with van der Waals surface area (Å²) in [6, 6.07) is 0. The molecule has 0 heterocycles. The van der Waals surface area contributed by atoms with Crippen LogP contribution < -0.4 is 5.32 Å². The third-order valence-corrected chi connectivity index (χ3v) is 3.65. The lowest BCUT2D eigenvalue weighted by Gasteiger charge is -2.37. The van der Waals surface area contributed by atoms with Crippen molar-refractivity contribution in [3.63, 3.8) is 0 Å². The van der Waals surface area contributed by atoms with E-state index in [0.717, 1.165) is 12.8 Å². The van der Waals surface area contributed by atoms with Crippen LogP contribution in [0.25, 0.3) is 0 Å². The van der Waals surface area contributed by atoms with E-state index in [1.807, 2.05) is 0 Å². The quantitative estimate of drug-likeness (QED) is 0.568. The SMILES string of the molecule is CCOC(=O)C=CNC1(C(=O)OCC)CCC(OC)CC1. The molecule has 0 bridgehead atoms. The van der Waals surface area contributed by atoms with Crippen LogP contribution in [0.2, 0.25) is 0 Å². The molecule has 1 fully saturated rings. The van der Waals surface area contributed by atoms with E-state index < -0.39 is 11.5 Å². The highest BCUT2D eigenvalue weighted by Gasteiger charge is 2.42. The van der Waals surface area contributed by atoms with Crippen molar-refractivity contribution in [3.8, 4) is 0 Å². The molecule has 0 atom stereocenters. The van der Waals surface area contributed by atoms with E-state index in [2.05, 4.69) is 5.32 Å². The standard InChI is InChI=1S/C15H25NO5/c1-4-20-13(17)8-11-16-15(14(18)21-5-2)9-6-12(19-3)7-10-15/h8,11-12,16H,4-7,9-10H2,1-3H3. The molecule has 0 amide bonds. The number of ether oxygens (including phenoxy) is 3. The molecule has 0 spiro atoms. The largest absolute Gasteiger partial charge is 0.464 e. The molecular weight excluding hydrogens is 274 g/mol. The molecule has 6 heteroatoms. The topological polar surface area (TPSA) is 73.9 Å². The number of rotatable bonds is 7. The monoisotopic (exact) mass is 299 g/mol. The minimum atomic E-state index is -0.784. The van der Waals surface area contributed by atoms with E-state index in [1.54, 1.807) is 21.0 Å². The van der Waals surface area contributed by atoms with Crippen LogP contribution in [0.15, 0.2) is 12.3 Å². The minimum absolute atomic E-state index is 0.170. The van der Waals surface area contributed by atoms with E-state index in [1.165, 1.54) is 12.3 Å². The highest BCUT2D eigenvalue weighted by Crippen LogP contribution is 2.31. The zero-order valence-corrected chi connectivity index (χ0v) is 13.0. The molecule has 1 aliphatic carbocycles. The van der Waals surface area contributed by atoms with Gasteiger partial charge in [0.1, 0.15) is 5.54 Å². The van der Waals surface area contributed by atoms with Gasteiger partial charge in [0.15, 0.2) is 0 Å². The fraction of sp³-hybridized carbons (Fsp3) is 0.733.